The molecule has 0 unspecified atom stereocenters. The van der Waals surface area contributed by atoms with Crippen molar-refractivity contribution in [1.82, 2.24) is 9.88 Å². The minimum atomic E-state index is -4.37. The maximum Gasteiger partial charge on any atom is 0.417 e. The fraction of sp³-hybridized carbons (Fsp3) is 0.389. The summed E-state index contributed by atoms with van der Waals surface area (Å²) in [7, 11) is 0. The predicted molar refractivity (Wildman–Crippen MR) is 89.8 cm³/mol. The maximum atomic E-state index is 13.5. The number of benzene rings is 1. The van der Waals surface area contributed by atoms with E-state index in [1.165, 1.54) is 12.1 Å². The Morgan fingerprint density at radius 3 is 2.35 bits per heavy atom. The van der Waals surface area contributed by atoms with E-state index in [4.69, 9.17) is 4.74 Å². The van der Waals surface area contributed by atoms with Crippen LogP contribution >= 0.6 is 0 Å². The molecule has 1 saturated heterocycles. The summed E-state index contributed by atoms with van der Waals surface area (Å²) in [4.78, 5) is 8.05. The molecule has 0 radical (unpaired) electrons. The van der Waals surface area contributed by atoms with Gasteiger partial charge in [-0.1, -0.05) is 12.1 Å². The highest BCUT2D eigenvalue weighted by molar-refractivity contribution is 5.40. The van der Waals surface area contributed by atoms with Gasteiger partial charge in [0, 0.05) is 38.9 Å². The van der Waals surface area contributed by atoms with Crippen molar-refractivity contribution in [2.45, 2.75) is 6.18 Å². The Morgan fingerprint density at radius 2 is 1.73 bits per heavy atom. The average Bonchev–Trinajstić information content (AvgIpc) is 2.63. The van der Waals surface area contributed by atoms with Crippen molar-refractivity contribution in [3.8, 4) is 5.75 Å². The Bertz CT molecular complexity index is 713. The topological polar surface area (TPSA) is 28.6 Å². The zero-order valence-corrected chi connectivity index (χ0v) is 14.0. The molecular formula is C18H19F4N3O. The van der Waals surface area contributed by atoms with Crippen LogP contribution in [0.5, 0.6) is 5.75 Å². The Hall–Kier alpha value is -2.35. The van der Waals surface area contributed by atoms with E-state index in [2.05, 4.69) is 9.88 Å². The molecule has 2 heterocycles. The third-order valence-corrected chi connectivity index (χ3v) is 4.27. The third-order valence-electron chi connectivity index (χ3n) is 4.27. The lowest BCUT2D eigenvalue weighted by molar-refractivity contribution is -0.137. The number of anilines is 1. The molecule has 0 bridgehead atoms. The Kier molecular flexibility index (Phi) is 5.61. The molecule has 8 heteroatoms. The molecule has 1 aromatic carbocycles. The van der Waals surface area contributed by atoms with Crippen LogP contribution in [0.15, 0.2) is 42.6 Å². The van der Waals surface area contributed by atoms with Gasteiger partial charge in [0.05, 0.1) is 5.56 Å². The number of pyridine rings is 1. The van der Waals surface area contributed by atoms with E-state index in [1.807, 2.05) is 4.90 Å². The summed E-state index contributed by atoms with van der Waals surface area (Å²) in [5, 5.41) is 0. The molecule has 2 aromatic rings. The van der Waals surface area contributed by atoms with Crippen molar-refractivity contribution < 1.29 is 22.3 Å². The summed E-state index contributed by atoms with van der Waals surface area (Å²) in [6, 6.07) is 8.72. The second-order valence-corrected chi connectivity index (χ2v) is 6.01. The first-order valence-electron chi connectivity index (χ1n) is 8.31. The van der Waals surface area contributed by atoms with Crippen LogP contribution in [0, 0.1) is 5.82 Å². The molecule has 1 aliphatic rings. The summed E-state index contributed by atoms with van der Waals surface area (Å²) >= 11 is 0. The number of alkyl halides is 3. The smallest absolute Gasteiger partial charge is 0.417 e. The van der Waals surface area contributed by atoms with Crippen molar-refractivity contribution in [2.75, 3.05) is 44.2 Å². The van der Waals surface area contributed by atoms with Crippen molar-refractivity contribution >= 4 is 5.82 Å². The predicted octanol–water partition coefficient (Wildman–Crippen LogP) is 3.44. The molecule has 0 amide bonds. The standard InChI is InChI=1S/C18H19F4N3O/c19-15-3-1-2-4-16(15)26-12-11-24-7-9-25(10-8-24)17-6-5-14(13-23-17)18(20,21)22/h1-6,13H,7-12H2. The Labute approximate surface area is 149 Å². The highest BCUT2D eigenvalue weighted by atomic mass is 19.4. The summed E-state index contributed by atoms with van der Waals surface area (Å²) in [5.41, 5.74) is -0.745. The number of aromatic nitrogens is 1. The lowest BCUT2D eigenvalue weighted by Crippen LogP contribution is -2.47. The fourth-order valence-electron chi connectivity index (χ4n) is 2.79. The van der Waals surface area contributed by atoms with E-state index in [1.54, 1.807) is 18.2 Å². The Balaban J connectivity index is 1.45. The SMILES string of the molecule is Fc1ccccc1OCCN1CCN(c2ccc(C(F)(F)F)cn2)CC1. The number of ether oxygens (including phenoxy) is 1. The first-order valence-corrected chi connectivity index (χ1v) is 8.31. The number of hydrogen-bond donors (Lipinski definition) is 0. The van der Waals surface area contributed by atoms with Crippen LogP contribution in [-0.4, -0.2) is 49.2 Å². The molecule has 26 heavy (non-hydrogen) atoms. The van der Waals surface area contributed by atoms with E-state index >= 15 is 0 Å². The van der Waals surface area contributed by atoms with Gasteiger partial charge in [0.25, 0.3) is 0 Å². The van der Waals surface area contributed by atoms with Gasteiger partial charge in [-0.25, -0.2) is 9.37 Å². The number of hydrogen-bond acceptors (Lipinski definition) is 4. The lowest BCUT2D eigenvalue weighted by Gasteiger charge is -2.35. The molecule has 0 aliphatic carbocycles. The van der Waals surface area contributed by atoms with Gasteiger partial charge < -0.3 is 9.64 Å². The molecule has 1 aromatic heterocycles. The van der Waals surface area contributed by atoms with Crippen molar-refractivity contribution in [3.63, 3.8) is 0 Å². The number of rotatable bonds is 5. The lowest BCUT2D eigenvalue weighted by atomic mass is 10.2. The molecule has 1 aliphatic heterocycles. The summed E-state index contributed by atoms with van der Waals surface area (Å²) < 4.78 is 56.7. The van der Waals surface area contributed by atoms with Crippen LogP contribution in [0.2, 0.25) is 0 Å². The summed E-state index contributed by atoms with van der Waals surface area (Å²) in [6.45, 7) is 3.84. The molecule has 0 spiro atoms. The molecule has 0 atom stereocenters. The van der Waals surface area contributed by atoms with E-state index < -0.39 is 11.7 Å². The van der Waals surface area contributed by atoms with Gasteiger partial charge in [-0.2, -0.15) is 13.2 Å². The van der Waals surface area contributed by atoms with Gasteiger partial charge in [-0.15, -0.1) is 0 Å². The second-order valence-electron chi connectivity index (χ2n) is 6.01. The van der Waals surface area contributed by atoms with Crippen molar-refractivity contribution in [1.29, 1.82) is 0 Å². The average molecular weight is 369 g/mol. The molecular weight excluding hydrogens is 350 g/mol. The molecule has 3 rings (SSSR count). The monoisotopic (exact) mass is 369 g/mol. The fourth-order valence-corrected chi connectivity index (χ4v) is 2.79. The minimum absolute atomic E-state index is 0.236. The first kappa shape index (κ1) is 18.4. The van der Waals surface area contributed by atoms with Crippen LogP contribution in [0.25, 0.3) is 0 Å². The number of para-hydroxylation sites is 1. The van der Waals surface area contributed by atoms with Crippen LogP contribution in [0.4, 0.5) is 23.4 Å². The Morgan fingerprint density at radius 1 is 1.00 bits per heavy atom. The minimum Gasteiger partial charge on any atom is -0.489 e. The van der Waals surface area contributed by atoms with Crippen LogP contribution in [-0.2, 0) is 6.18 Å². The number of piperazine rings is 1. The maximum absolute atomic E-state index is 13.5. The molecule has 0 N–H and O–H groups in total. The second kappa shape index (κ2) is 7.90. The molecule has 140 valence electrons. The zero-order chi connectivity index (χ0) is 18.6. The number of nitrogens with zero attached hydrogens (tertiary/aromatic N) is 3. The van der Waals surface area contributed by atoms with Gasteiger partial charge in [0.15, 0.2) is 11.6 Å². The molecule has 0 saturated carbocycles. The van der Waals surface area contributed by atoms with Crippen LogP contribution < -0.4 is 9.64 Å². The summed E-state index contributed by atoms with van der Waals surface area (Å²) in [5.74, 6) is 0.394. The van der Waals surface area contributed by atoms with Crippen LogP contribution in [0.3, 0.4) is 0 Å². The largest absolute Gasteiger partial charge is 0.489 e. The van der Waals surface area contributed by atoms with Gasteiger partial charge in [0.1, 0.15) is 12.4 Å². The van der Waals surface area contributed by atoms with Gasteiger partial charge in [0.2, 0.25) is 0 Å². The highest BCUT2D eigenvalue weighted by Crippen LogP contribution is 2.29. The molecule has 1 fully saturated rings. The van der Waals surface area contributed by atoms with Crippen molar-refractivity contribution in [2.24, 2.45) is 0 Å². The van der Waals surface area contributed by atoms with Gasteiger partial charge in [-0.3, -0.25) is 4.90 Å². The van der Waals surface area contributed by atoms with Crippen molar-refractivity contribution in [3.05, 3.63) is 54.0 Å². The van der Waals surface area contributed by atoms with E-state index in [0.29, 0.717) is 32.1 Å². The van der Waals surface area contributed by atoms with E-state index in [-0.39, 0.29) is 11.6 Å². The normalized spacial score (nSPS) is 15.9. The van der Waals surface area contributed by atoms with Crippen LogP contribution in [0.1, 0.15) is 5.56 Å². The quantitative estimate of drug-likeness (QED) is 0.755. The van der Waals surface area contributed by atoms with Gasteiger partial charge >= 0.3 is 6.18 Å². The van der Waals surface area contributed by atoms with E-state index in [9.17, 15) is 17.6 Å². The third kappa shape index (κ3) is 4.63. The van der Waals surface area contributed by atoms with E-state index in [0.717, 1.165) is 25.4 Å². The highest BCUT2D eigenvalue weighted by Gasteiger charge is 2.31. The summed E-state index contributed by atoms with van der Waals surface area (Å²) in [6.07, 6.45) is -3.51. The van der Waals surface area contributed by atoms with Gasteiger partial charge in [-0.05, 0) is 24.3 Å². The first-order chi connectivity index (χ1) is 12.4. The number of halogens is 4. The zero-order valence-electron chi connectivity index (χ0n) is 14.0. The molecule has 4 nitrogen and oxygen atoms in total.